The van der Waals surface area contributed by atoms with Crippen LogP contribution in [0.5, 0.6) is 23.0 Å². The molecule has 1 aromatic heterocycles. The van der Waals surface area contributed by atoms with Gasteiger partial charge in [-0.25, -0.2) is 14.6 Å². The third kappa shape index (κ3) is 17.6. The molecule has 3 heterocycles. The molecule has 79 heavy (non-hydrogen) atoms. The van der Waals surface area contributed by atoms with E-state index in [2.05, 4.69) is 96.5 Å². The highest BCUT2D eigenvalue weighted by atomic mass is 33.1. The number of carbonyl (C=O) groups excluding carboxylic acids is 3. The van der Waals surface area contributed by atoms with E-state index in [9.17, 15) is 34.4 Å². The average molecular weight is 1170 g/mol. The topological polar surface area (TPSA) is 240 Å². The lowest BCUT2D eigenvalue weighted by atomic mass is 10.1. The van der Waals surface area contributed by atoms with E-state index in [4.69, 9.17) is 32.5 Å². The van der Waals surface area contributed by atoms with E-state index < -0.39 is 33.7 Å². The van der Waals surface area contributed by atoms with Crippen molar-refractivity contribution in [1.82, 2.24) is 14.8 Å². The van der Waals surface area contributed by atoms with Crippen molar-refractivity contribution in [3.8, 4) is 23.0 Å². The third-order valence-electron chi connectivity index (χ3n) is 14.7. The van der Waals surface area contributed by atoms with Crippen LogP contribution in [-0.4, -0.2) is 143 Å². The van der Waals surface area contributed by atoms with Gasteiger partial charge in [-0.3, -0.25) is 30.3 Å². The van der Waals surface area contributed by atoms with Crippen LogP contribution in [0.25, 0.3) is 0 Å². The van der Waals surface area contributed by atoms with Crippen molar-refractivity contribution in [2.24, 2.45) is 0 Å². The fourth-order valence-electron chi connectivity index (χ4n) is 7.99. The Morgan fingerprint density at radius 2 is 1.24 bits per heavy atom. The van der Waals surface area contributed by atoms with Gasteiger partial charge in [0, 0.05) is 36.5 Å². The number of methoxy groups -OCH3 is 2. The molecule has 2 fully saturated rings. The first-order chi connectivity index (χ1) is 36.9. The van der Waals surface area contributed by atoms with Crippen molar-refractivity contribution < 1.29 is 61.7 Å². The average Bonchev–Trinajstić information content (AvgIpc) is 3.97. The lowest BCUT2D eigenvalue weighted by Crippen LogP contribution is -2.46. The van der Waals surface area contributed by atoms with Crippen molar-refractivity contribution in [3.63, 3.8) is 0 Å². The molecule has 20 nitrogen and oxygen atoms in total. The molecule has 434 valence electrons. The van der Waals surface area contributed by atoms with Crippen LogP contribution in [0, 0.1) is 10.1 Å². The molecule has 3 atom stereocenters. The second-order valence-corrected chi connectivity index (χ2v) is 35.1. The molecule has 24 heteroatoms. The van der Waals surface area contributed by atoms with Crippen molar-refractivity contribution in [2.75, 3.05) is 71.0 Å². The number of nitrogens with one attached hydrogen (secondary N) is 2. The van der Waals surface area contributed by atoms with Crippen LogP contribution >= 0.6 is 21.6 Å². The molecule has 2 aromatic carbocycles. The number of likely N-dealkylation sites (tertiary alicyclic amines) is 2. The number of rotatable bonds is 26. The summed E-state index contributed by atoms with van der Waals surface area (Å²) in [5.74, 6) is 0.296. The molecule has 0 spiro atoms. The number of nitrogens with zero attached hydrogens (tertiary/aromatic N) is 4. The monoisotopic (exact) mass is 1170 g/mol. The number of ether oxygens (including phenoxy) is 5. The van der Waals surface area contributed by atoms with Gasteiger partial charge in [-0.2, -0.15) is 0 Å². The van der Waals surface area contributed by atoms with Crippen LogP contribution < -0.4 is 29.6 Å². The Kier molecular flexibility index (Phi) is 22.4. The van der Waals surface area contributed by atoms with Crippen molar-refractivity contribution in [1.29, 1.82) is 0 Å². The summed E-state index contributed by atoms with van der Waals surface area (Å²) in [6.45, 7) is 33.5. The minimum atomic E-state index is -2.17. The highest BCUT2D eigenvalue weighted by molar-refractivity contribution is 8.76. The number of aromatic nitrogens is 1. The first-order valence-corrected chi connectivity index (χ1v) is 34.3. The molecular weight excluding hydrogens is 1090 g/mol. The van der Waals surface area contributed by atoms with Gasteiger partial charge in [0.05, 0.1) is 80.2 Å². The molecule has 2 saturated heterocycles. The highest BCUT2D eigenvalue weighted by Crippen LogP contribution is 2.42. The summed E-state index contributed by atoms with van der Waals surface area (Å²) in [5, 5.41) is 26.3. The fourth-order valence-corrected chi connectivity index (χ4v) is 11.9. The van der Waals surface area contributed by atoms with Gasteiger partial charge in [0.1, 0.15) is 17.8 Å². The number of anilines is 2. The number of nitro groups is 1. The first-order valence-electron chi connectivity index (χ1n) is 26.3. The van der Waals surface area contributed by atoms with E-state index in [0.717, 1.165) is 11.1 Å². The van der Waals surface area contributed by atoms with Crippen molar-refractivity contribution in [2.45, 2.75) is 139 Å². The van der Waals surface area contributed by atoms with E-state index in [-0.39, 0.29) is 110 Å². The normalized spacial score (nSPS) is 16.4. The molecule has 0 saturated carbocycles. The standard InChI is InChI=1S/C55H80N6O14S2Si2/c1-35-23-39(33-74-78(12,13)54(4,5)6)59(30-35)50(62)41-25-45(69-10)47(27-43(41)57-52(64)65)71-21-17-16-18-22-72-48-28-44(58-53(66)73-32-37(3)76-77-49-20-19-38(29-56-49)61(67)68)42(26-46(48)70-11)51(63)60-31-36(2)24-40(60)34-75-79(14,15)55(7,8)9/h19-20,25-29,37,39-40,57H,1-2,16-18,21-24,30-34H2,3-15H3,(H,58,66)(H,64,65). The Bertz CT molecular complexity index is 2700. The zero-order valence-electron chi connectivity index (χ0n) is 48.0. The number of pyridine rings is 1. The van der Waals surface area contributed by atoms with Crippen LogP contribution in [0.1, 0.15) is 101 Å². The summed E-state index contributed by atoms with van der Waals surface area (Å²) in [5.41, 5.74) is 2.09. The Balaban J connectivity index is 1.26. The molecule has 5 rings (SSSR count). The number of benzene rings is 2. The fraction of sp³-hybridized carbons (Fsp3) is 0.545. The summed E-state index contributed by atoms with van der Waals surface area (Å²) in [6, 6.07) is 8.40. The molecule has 0 radical (unpaired) electrons. The van der Waals surface area contributed by atoms with Gasteiger partial charge in [-0.15, -0.1) is 0 Å². The molecule has 3 unspecified atom stereocenters. The predicted octanol–water partition coefficient (Wildman–Crippen LogP) is 12.7. The zero-order valence-corrected chi connectivity index (χ0v) is 51.7. The number of hydrogen-bond donors (Lipinski definition) is 3. The maximum Gasteiger partial charge on any atom is 0.411 e. The second-order valence-electron chi connectivity index (χ2n) is 22.8. The van der Waals surface area contributed by atoms with E-state index in [1.54, 1.807) is 28.0 Å². The van der Waals surface area contributed by atoms with E-state index in [1.165, 1.54) is 60.2 Å². The molecule has 0 bridgehead atoms. The Morgan fingerprint density at radius 1 is 0.772 bits per heavy atom. The largest absolute Gasteiger partial charge is 0.493 e. The summed E-state index contributed by atoms with van der Waals surface area (Å²) in [6.07, 6.45) is 1.92. The first kappa shape index (κ1) is 64.0. The van der Waals surface area contributed by atoms with Gasteiger partial charge in [-0.1, -0.05) is 76.6 Å². The van der Waals surface area contributed by atoms with Gasteiger partial charge >= 0.3 is 12.2 Å². The van der Waals surface area contributed by atoms with Gasteiger partial charge in [-0.05, 0) is 104 Å². The maximum absolute atomic E-state index is 14.6. The smallest absolute Gasteiger partial charge is 0.411 e. The third-order valence-corrected chi connectivity index (χ3v) is 26.4. The molecular formula is C55H80N6O14S2Si2. The summed E-state index contributed by atoms with van der Waals surface area (Å²) >= 11 is 0. The van der Waals surface area contributed by atoms with E-state index in [1.807, 2.05) is 6.92 Å². The number of unbranched alkanes of at least 4 members (excludes halogenated alkanes) is 2. The van der Waals surface area contributed by atoms with Crippen LogP contribution in [0.15, 0.2) is 71.9 Å². The second kappa shape index (κ2) is 27.6. The molecule has 0 aliphatic carbocycles. The Hall–Kier alpha value is -5.80. The SMILES string of the molecule is C=C1CC(CO[Si](C)(C)C(C)(C)C)N(C(=O)c2cc(OC)c(OCCCCCOc3cc(NC(=O)OCC(C)SSc4ccc([N+](=O)[O-])cn4)c(C(=O)N4CC(=C)CC4CO[Si](C)(C)C(C)(C)C)cc3OC)cc2NC(=O)O)C1. The number of carboxylic acid groups (broad SMARTS) is 1. The van der Waals surface area contributed by atoms with Crippen molar-refractivity contribution in [3.05, 3.63) is 88.1 Å². The maximum atomic E-state index is 14.6. The summed E-state index contributed by atoms with van der Waals surface area (Å²) < 4.78 is 42.5. The van der Waals surface area contributed by atoms with Crippen LogP contribution in [0.3, 0.4) is 0 Å². The number of amides is 4. The summed E-state index contributed by atoms with van der Waals surface area (Å²) in [7, 11) is 1.26. The lowest BCUT2D eigenvalue weighted by Gasteiger charge is -2.38. The van der Waals surface area contributed by atoms with E-state index in [0.29, 0.717) is 63.4 Å². The number of carbonyl (C=O) groups is 4. The van der Waals surface area contributed by atoms with Crippen LogP contribution in [0.2, 0.25) is 36.3 Å². The van der Waals surface area contributed by atoms with Gasteiger partial charge in [0.25, 0.3) is 17.5 Å². The molecule has 3 aromatic rings. The minimum Gasteiger partial charge on any atom is -0.493 e. The zero-order chi connectivity index (χ0) is 58.6. The Morgan fingerprint density at radius 3 is 1.65 bits per heavy atom. The molecule has 2 aliphatic heterocycles. The van der Waals surface area contributed by atoms with Crippen LogP contribution in [-0.2, 0) is 13.6 Å². The quantitative estimate of drug-likeness (QED) is 0.0169. The molecule has 3 N–H and O–H groups in total. The van der Waals surface area contributed by atoms with Gasteiger partial charge in [0.15, 0.2) is 39.6 Å². The van der Waals surface area contributed by atoms with Crippen molar-refractivity contribution >= 4 is 79.3 Å². The number of hydrogen-bond acceptors (Lipinski definition) is 16. The van der Waals surface area contributed by atoms with Gasteiger partial charge < -0.3 is 47.4 Å². The summed E-state index contributed by atoms with van der Waals surface area (Å²) in [4.78, 5) is 72.5. The lowest BCUT2D eigenvalue weighted by molar-refractivity contribution is -0.385. The van der Waals surface area contributed by atoms with Gasteiger partial charge in [0.2, 0.25) is 0 Å². The highest BCUT2D eigenvalue weighted by Gasteiger charge is 2.42. The minimum absolute atomic E-state index is 0.00990. The molecule has 4 amide bonds. The predicted molar refractivity (Wildman–Crippen MR) is 315 cm³/mol. The Labute approximate surface area is 474 Å². The van der Waals surface area contributed by atoms with Crippen LogP contribution in [0.4, 0.5) is 26.7 Å². The van der Waals surface area contributed by atoms with E-state index >= 15 is 0 Å². The molecule has 2 aliphatic rings.